The van der Waals surface area contributed by atoms with Crippen LogP contribution in [0.2, 0.25) is 0 Å². The number of aromatic nitrogens is 1. The summed E-state index contributed by atoms with van der Waals surface area (Å²) in [5.41, 5.74) is 5.45. The first kappa shape index (κ1) is 18.9. The fraction of sp³-hybridized carbons (Fsp3) is 0.308. The Morgan fingerprint density at radius 1 is 0.933 bits per heavy atom. The fourth-order valence-electron chi connectivity index (χ4n) is 4.77. The maximum absolute atomic E-state index is 13.2. The van der Waals surface area contributed by atoms with Crippen LogP contribution in [0, 0.1) is 5.92 Å². The van der Waals surface area contributed by atoms with Crippen molar-refractivity contribution in [2.45, 2.75) is 25.7 Å². The van der Waals surface area contributed by atoms with Gasteiger partial charge in [0.05, 0.1) is 17.4 Å². The van der Waals surface area contributed by atoms with Crippen LogP contribution in [-0.2, 0) is 12.8 Å². The lowest BCUT2D eigenvalue weighted by atomic mass is 9.90. The molecule has 0 spiro atoms. The van der Waals surface area contributed by atoms with E-state index in [1.165, 1.54) is 24.0 Å². The summed E-state index contributed by atoms with van der Waals surface area (Å²) in [5.74, 6) is 0.774. The summed E-state index contributed by atoms with van der Waals surface area (Å²) in [4.78, 5) is 21.8. The zero-order chi connectivity index (χ0) is 20.3. The maximum atomic E-state index is 13.2. The van der Waals surface area contributed by atoms with Crippen LogP contribution in [0.5, 0.6) is 0 Å². The van der Waals surface area contributed by atoms with Gasteiger partial charge in [0.15, 0.2) is 0 Å². The van der Waals surface area contributed by atoms with Gasteiger partial charge >= 0.3 is 0 Å². The summed E-state index contributed by atoms with van der Waals surface area (Å²) < 4.78 is 0. The van der Waals surface area contributed by atoms with E-state index in [2.05, 4.69) is 46.3 Å². The van der Waals surface area contributed by atoms with Gasteiger partial charge in [-0.25, -0.2) is 0 Å². The van der Waals surface area contributed by atoms with Crippen LogP contribution in [0.25, 0.3) is 0 Å². The number of carbonyl (C=O) groups is 1. The third kappa shape index (κ3) is 3.82. The number of pyridine rings is 1. The van der Waals surface area contributed by atoms with Crippen molar-refractivity contribution in [1.82, 2.24) is 4.98 Å². The average molecular weight is 398 g/mol. The molecule has 0 saturated carbocycles. The molecule has 30 heavy (non-hydrogen) atoms. The van der Waals surface area contributed by atoms with Crippen molar-refractivity contribution < 1.29 is 4.79 Å². The molecule has 2 aromatic carbocycles. The lowest BCUT2D eigenvalue weighted by molar-refractivity contribution is 0.0989. The molecule has 2 aliphatic rings. The van der Waals surface area contributed by atoms with E-state index in [1.807, 2.05) is 35.4 Å². The largest absolute Gasteiger partial charge is 0.370 e. The predicted octanol–water partition coefficient (Wildman–Crippen LogP) is 4.74. The first-order valence-electron chi connectivity index (χ1n) is 10.9. The molecule has 0 radical (unpaired) electrons. The van der Waals surface area contributed by atoms with Crippen molar-refractivity contribution >= 4 is 17.3 Å². The van der Waals surface area contributed by atoms with Gasteiger partial charge in [-0.2, -0.15) is 0 Å². The van der Waals surface area contributed by atoms with Gasteiger partial charge in [-0.3, -0.25) is 9.78 Å². The standard InChI is InChI=1S/C26H27N3O/c30-26(29-15-12-22-8-4-5-9-25(22)29)23-17-24(19-27-18-23)28-13-10-21(11-14-28)16-20-6-2-1-3-7-20/h1-9,17-19,21H,10-16H2. The highest BCUT2D eigenvalue weighted by atomic mass is 16.2. The van der Waals surface area contributed by atoms with Gasteiger partial charge in [0, 0.05) is 31.5 Å². The molecule has 3 heterocycles. The normalized spacial score (nSPS) is 16.5. The number of nitrogens with zero attached hydrogens (tertiary/aromatic N) is 3. The average Bonchev–Trinajstić information content (AvgIpc) is 3.24. The highest BCUT2D eigenvalue weighted by Crippen LogP contribution is 2.30. The van der Waals surface area contributed by atoms with Crippen LogP contribution in [0.15, 0.2) is 73.1 Å². The Kier molecular flexibility index (Phi) is 5.22. The van der Waals surface area contributed by atoms with Gasteiger partial charge in [-0.1, -0.05) is 48.5 Å². The molecule has 4 heteroatoms. The van der Waals surface area contributed by atoms with Gasteiger partial charge in [-0.15, -0.1) is 0 Å². The fourth-order valence-corrected chi connectivity index (χ4v) is 4.77. The molecule has 0 atom stereocenters. The van der Waals surface area contributed by atoms with Crippen molar-refractivity contribution in [3.63, 3.8) is 0 Å². The zero-order valence-electron chi connectivity index (χ0n) is 17.2. The van der Waals surface area contributed by atoms with E-state index in [-0.39, 0.29) is 5.91 Å². The summed E-state index contributed by atoms with van der Waals surface area (Å²) in [5, 5.41) is 0. The number of fused-ring (bicyclic) bond motifs is 1. The number of para-hydroxylation sites is 1. The minimum absolute atomic E-state index is 0.0493. The van der Waals surface area contributed by atoms with E-state index in [4.69, 9.17) is 0 Å². The van der Waals surface area contributed by atoms with Crippen molar-refractivity contribution in [1.29, 1.82) is 0 Å². The number of rotatable bonds is 4. The number of piperidine rings is 1. The van der Waals surface area contributed by atoms with Crippen LogP contribution in [0.4, 0.5) is 11.4 Å². The maximum Gasteiger partial charge on any atom is 0.259 e. The molecular formula is C26H27N3O. The molecule has 1 amide bonds. The highest BCUT2D eigenvalue weighted by Gasteiger charge is 2.26. The Morgan fingerprint density at radius 2 is 1.70 bits per heavy atom. The number of hydrogen-bond acceptors (Lipinski definition) is 3. The molecule has 0 unspecified atom stereocenters. The van der Waals surface area contributed by atoms with E-state index in [0.717, 1.165) is 49.8 Å². The van der Waals surface area contributed by atoms with E-state index >= 15 is 0 Å². The third-order valence-electron chi connectivity index (χ3n) is 6.45. The lowest BCUT2D eigenvalue weighted by Crippen LogP contribution is -2.35. The van der Waals surface area contributed by atoms with Crippen molar-refractivity contribution in [2.75, 3.05) is 29.4 Å². The third-order valence-corrected chi connectivity index (χ3v) is 6.45. The van der Waals surface area contributed by atoms with Crippen molar-refractivity contribution in [3.05, 3.63) is 89.7 Å². The minimum Gasteiger partial charge on any atom is -0.370 e. The lowest BCUT2D eigenvalue weighted by Gasteiger charge is -2.33. The van der Waals surface area contributed by atoms with E-state index in [1.54, 1.807) is 6.20 Å². The summed E-state index contributed by atoms with van der Waals surface area (Å²) in [7, 11) is 0. The molecule has 2 aliphatic heterocycles. The second-order valence-corrected chi connectivity index (χ2v) is 8.39. The van der Waals surface area contributed by atoms with E-state index in [0.29, 0.717) is 5.56 Å². The smallest absolute Gasteiger partial charge is 0.259 e. The Morgan fingerprint density at radius 3 is 2.53 bits per heavy atom. The van der Waals surface area contributed by atoms with Crippen LogP contribution in [-0.4, -0.2) is 30.5 Å². The van der Waals surface area contributed by atoms with Gasteiger partial charge < -0.3 is 9.80 Å². The number of carbonyl (C=O) groups excluding carboxylic acids is 1. The number of anilines is 2. The summed E-state index contributed by atoms with van der Waals surface area (Å²) >= 11 is 0. The minimum atomic E-state index is 0.0493. The second-order valence-electron chi connectivity index (χ2n) is 8.39. The van der Waals surface area contributed by atoms with Crippen molar-refractivity contribution in [2.24, 2.45) is 5.92 Å². The highest BCUT2D eigenvalue weighted by molar-refractivity contribution is 6.07. The molecule has 0 bridgehead atoms. The Hall–Kier alpha value is -3.14. The summed E-state index contributed by atoms with van der Waals surface area (Å²) in [6, 6.07) is 21.0. The molecule has 1 saturated heterocycles. The second kappa shape index (κ2) is 8.31. The van der Waals surface area contributed by atoms with Crippen LogP contribution >= 0.6 is 0 Å². The number of hydrogen-bond donors (Lipinski definition) is 0. The Labute approximate surface area is 178 Å². The molecule has 1 fully saturated rings. The summed E-state index contributed by atoms with van der Waals surface area (Å²) in [6.45, 7) is 2.78. The van der Waals surface area contributed by atoms with Gasteiger partial charge in [0.1, 0.15) is 0 Å². The quantitative estimate of drug-likeness (QED) is 0.638. The summed E-state index contributed by atoms with van der Waals surface area (Å²) in [6.07, 6.45) is 8.02. The predicted molar refractivity (Wildman–Crippen MR) is 121 cm³/mol. The first-order chi connectivity index (χ1) is 14.8. The molecule has 0 aliphatic carbocycles. The molecule has 1 aromatic heterocycles. The van der Waals surface area contributed by atoms with E-state index < -0.39 is 0 Å². The Balaban J connectivity index is 1.25. The van der Waals surface area contributed by atoms with Crippen molar-refractivity contribution in [3.8, 4) is 0 Å². The van der Waals surface area contributed by atoms with Crippen LogP contribution in [0.1, 0.15) is 34.3 Å². The zero-order valence-corrected chi connectivity index (χ0v) is 17.2. The molecule has 3 aromatic rings. The Bertz CT molecular complexity index is 1030. The van der Waals surface area contributed by atoms with Crippen LogP contribution < -0.4 is 9.80 Å². The monoisotopic (exact) mass is 397 g/mol. The SMILES string of the molecule is O=C(c1cncc(N2CCC(Cc3ccccc3)CC2)c1)N1CCc2ccccc21. The molecule has 4 nitrogen and oxygen atoms in total. The molecule has 152 valence electrons. The topological polar surface area (TPSA) is 36.4 Å². The van der Waals surface area contributed by atoms with Gasteiger partial charge in [0.25, 0.3) is 5.91 Å². The molecule has 0 N–H and O–H groups in total. The van der Waals surface area contributed by atoms with Crippen LogP contribution in [0.3, 0.4) is 0 Å². The number of amides is 1. The van der Waals surface area contributed by atoms with Gasteiger partial charge in [0.2, 0.25) is 0 Å². The first-order valence-corrected chi connectivity index (χ1v) is 10.9. The molecular weight excluding hydrogens is 370 g/mol. The molecule has 5 rings (SSSR count). The van der Waals surface area contributed by atoms with Gasteiger partial charge in [-0.05, 0) is 54.9 Å². The number of benzene rings is 2. The van der Waals surface area contributed by atoms with E-state index in [9.17, 15) is 4.79 Å².